The summed E-state index contributed by atoms with van der Waals surface area (Å²) in [6, 6.07) is 5.73. The van der Waals surface area contributed by atoms with Crippen LogP contribution >= 0.6 is 15.9 Å². The zero-order valence-corrected chi connectivity index (χ0v) is 12.8. The highest BCUT2D eigenvalue weighted by Crippen LogP contribution is 2.29. The Morgan fingerprint density at radius 3 is 2.80 bits per heavy atom. The van der Waals surface area contributed by atoms with E-state index in [9.17, 15) is 9.90 Å². The smallest absolute Gasteiger partial charge is 0.289 e. The quantitative estimate of drug-likeness (QED) is 0.869. The maximum atomic E-state index is 12.5. The van der Waals surface area contributed by atoms with Crippen molar-refractivity contribution in [1.82, 2.24) is 4.90 Å². The lowest BCUT2D eigenvalue weighted by molar-refractivity contribution is 0.0521. The average Bonchev–Trinajstić information content (AvgIpc) is 2.76. The van der Waals surface area contributed by atoms with Crippen LogP contribution in [0, 0.1) is 6.92 Å². The fourth-order valence-corrected chi connectivity index (χ4v) is 2.97. The maximum Gasteiger partial charge on any atom is 0.289 e. The van der Waals surface area contributed by atoms with Gasteiger partial charge in [-0.15, -0.1) is 0 Å². The number of fused-ring (bicyclic) bond motifs is 1. The third-order valence-corrected chi connectivity index (χ3v) is 4.34. The molecule has 1 aromatic carbocycles. The van der Waals surface area contributed by atoms with Gasteiger partial charge in [-0.2, -0.15) is 0 Å². The molecule has 1 fully saturated rings. The van der Waals surface area contributed by atoms with Crippen LogP contribution in [0.5, 0.6) is 0 Å². The number of halogens is 1. The molecule has 1 amide bonds. The molecule has 0 spiro atoms. The van der Waals surface area contributed by atoms with Gasteiger partial charge in [-0.3, -0.25) is 4.79 Å². The highest BCUT2D eigenvalue weighted by molar-refractivity contribution is 9.10. The number of hydrogen-bond acceptors (Lipinski definition) is 3. The molecule has 5 heteroatoms. The zero-order valence-electron chi connectivity index (χ0n) is 11.2. The number of piperidine rings is 1. The van der Waals surface area contributed by atoms with Gasteiger partial charge in [0.1, 0.15) is 5.58 Å². The van der Waals surface area contributed by atoms with Crippen molar-refractivity contribution in [3.8, 4) is 0 Å². The van der Waals surface area contributed by atoms with Crippen molar-refractivity contribution in [2.45, 2.75) is 25.9 Å². The molecule has 2 heterocycles. The van der Waals surface area contributed by atoms with E-state index in [2.05, 4.69) is 15.9 Å². The van der Waals surface area contributed by atoms with E-state index in [1.54, 1.807) is 4.90 Å². The lowest BCUT2D eigenvalue weighted by Crippen LogP contribution is -2.40. The number of carbonyl (C=O) groups is 1. The molecule has 1 aromatic heterocycles. The van der Waals surface area contributed by atoms with Crippen molar-refractivity contribution in [2.75, 3.05) is 13.1 Å². The monoisotopic (exact) mass is 337 g/mol. The first-order chi connectivity index (χ1) is 9.56. The predicted molar refractivity (Wildman–Crippen MR) is 79.8 cm³/mol. The highest BCUT2D eigenvalue weighted by atomic mass is 79.9. The number of amides is 1. The first kappa shape index (κ1) is 13.6. The number of hydrogen-bond donors (Lipinski definition) is 1. The Bertz CT molecular complexity index is 656. The SMILES string of the molecule is Cc1c(C(=O)N2CCC(O)CC2)oc2ccc(Br)cc12. The van der Waals surface area contributed by atoms with Crippen molar-refractivity contribution in [1.29, 1.82) is 0 Å². The molecule has 1 aliphatic heterocycles. The molecule has 1 saturated heterocycles. The number of benzene rings is 1. The van der Waals surface area contributed by atoms with Gasteiger partial charge < -0.3 is 14.4 Å². The van der Waals surface area contributed by atoms with Gasteiger partial charge in [0.2, 0.25) is 0 Å². The van der Waals surface area contributed by atoms with Crippen LogP contribution in [0.3, 0.4) is 0 Å². The Labute approximate surface area is 125 Å². The Kier molecular flexibility index (Phi) is 3.56. The molecule has 0 bridgehead atoms. The van der Waals surface area contributed by atoms with Crippen LogP contribution in [0.2, 0.25) is 0 Å². The molecule has 0 atom stereocenters. The second-order valence-electron chi connectivity index (χ2n) is 5.22. The predicted octanol–water partition coefficient (Wildman–Crippen LogP) is 3.10. The summed E-state index contributed by atoms with van der Waals surface area (Å²) in [4.78, 5) is 14.3. The van der Waals surface area contributed by atoms with Gasteiger partial charge in [0.15, 0.2) is 5.76 Å². The molecule has 3 rings (SSSR count). The molecule has 0 aliphatic carbocycles. The third-order valence-electron chi connectivity index (χ3n) is 3.84. The standard InChI is InChI=1S/C15H16BrNO3/c1-9-12-8-10(16)2-3-13(12)20-14(9)15(19)17-6-4-11(18)5-7-17/h2-3,8,11,18H,4-7H2,1H3. The minimum atomic E-state index is -0.285. The molecule has 1 N–H and O–H groups in total. The van der Waals surface area contributed by atoms with Crippen LogP contribution in [-0.2, 0) is 0 Å². The van der Waals surface area contributed by atoms with E-state index in [1.807, 2.05) is 25.1 Å². The van der Waals surface area contributed by atoms with Crippen molar-refractivity contribution in [3.05, 3.63) is 34.0 Å². The number of aliphatic hydroxyl groups excluding tert-OH is 1. The van der Waals surface area contributed by atoms with Crippen LogP contribution in [-0.4, -0.2) is 35.1 Å². The maximum absolute atomic E-state index is 12.5. The second kappa shape index (κ2) is 5.22. The topological polar surface area (TPSA) is 53.7 Å². The van der Waals surface area contributed by atoms with Gasteiger partial charge in [0.25, 0.3) is 5.91 Å². The van der Waals surface area contributed by atoms with Crippen LogP contribution in [0.4, 0.5) is 0 Å². The first-order valence-electron chi connectivity index (χ1n) is 6.72. The van der Waals surface area contributed by atoms with E-state index < -0.39 is 0 Å². The van der Waals surface area contributed by atoms with Crippen LogP contribution in [0.25, 0.3) is 11.0 Å². The molecule has 106 valence electrons. The number of furan rings is 1. The number of nitrogens with zero attached hydrogens (tertiary/aromatic N) is 1. The van der Waals surface area contributed by atoms with Gasteiger partial charge in [0, 0.05) is 28.5 Å². The van der Waals surface area contributed by atoms with Crippen molar-refractivity contribution < 1.29 is 14.3 Å². The van der Waals surface area contributed by atoms with Gasteiger partial charge in [-0.1, -0.05) is 15.9 Å². The molecule has 1 aliphatic rings. The molecular formula is C15H16BrNO3. The van der Waals surface area contributed by atoms with Crippen molar-refractivity contribution in [3.63, 3.8) is 0 Å². The molecule has 2 aromatic rings. The Balaban J connectivity index is 1.93. The third kappa shape index (κ3) is 2.36. The molecule has 20 heavy (non-hydrogen) atoms. The van der Waals surface area contributed by atoms with Crippen LogP contribution in [0.1, 0.15) is 29.0 Å². The first-order valence-corrected chi connectivity index (χ1v) is 7.51. The number of rotatable bonds is 1. The Morgan fingerprint density at radius 1 is 1.40 bits per heavy atom. The summed E-state index contributed by atoms with van der Waals surface area (Å²) >= 11 is 3.43. The Hall–Kier alpha value is -1.33. The summed E-state index contributed by atoms with van der Waals surface area (Å²) in [6.07, 6.45) is 0.986. The number of aliphatic hydroxyl groups is 1. The summed E-state index contributed by atoms with van der Waals surface area (Å²) < 4.78 is 6.69. The molecule has 0 unspecified atom stereocenters. The van der Waals surface area contributed by atoms with Crippen LogP contribution < -0.4 is 0 Å². The number of carbonyl (C=O) groups excluding carboxylic acids is 1. The normalized spacial score (nSPS) is 16.9. The Morgan fingerprint density at radius 2 is 2.10 bits per heavy atom. The summed E-state index contributed by atoms with van der Waals surface area (Å²) in [6.45, 7) is 3.07. The largest absolute Gasteiger partial charge is 0.451 e. The van der Waals surface area contributed by atoms with Gasteiger partial charge >= 0.3 is 0 Å². The van der Waals surface area contributed by atoms with Crippen molar-refractivity contribution in [2.24, 2.45) is 0 Å². The molecule has 0 radical (unpaired) electrons. The average molecular weight is 338 g/mol. The lowest BCUT2D eigenvalue weighted by Gasteiger charge is -2.29. The second-order valence-corrected chi connectivity index (χ2v) is 6.14. The summed E-state index contributed by atoms with van der Waals surface area (Å²) in [5.74, 6) is 0.330. The molecule has 0 saturated carbocycles. The fraction of sp³-hybridized carbons (Fsp3) is 0.400. The molecule has 4 nitrogen and oxygen atoms in total. The van der Waals surface area contributed by atoms with E-state index in [-0.39, 0.29) is 12.0 Å². The van der Waals surface area contributed by atoms with Gasteiger partial charge in [-0.05, 0) is 38.0 Å². The zero-order chi connectivity index (χ0) is 14.3. The van der Waals surface area contributed by atoms with E-state index in [0.29, 0.717) is 31.7 Å². The van der Waals surface area contributed by atoms with Crippen molar-refractivity contribution >= 4 is 32.8 Å². The van der Waals surface area contributed by atoms with Crippen LogP contribution in [0.15, 0.2) is 27.1 Å². The number of aryl methyl sites for hydroxylation is 1. The highest BCUT2D eigenvalue weighted by Gasteiger charge is 2.26. The number of likely N-dealkylation sites (tertiary alicyclic amines) is 1. The summed E-state index contributed by atoms with van der Waals surface area (Å²) in [7, 11) is 0. The van der Waals surface area contributed by atoms with E-state index in [0.717, 1.165) is 21.0 Å². The summed E-state index contributed by atoms with van der Waals surface area (Å²) in [5.41, 5.74) is 1.60. The molecular weight excluding hydrogens is 322 g/mol. The lowest BCUT2D eigenvalue weighted by atomic mass is 10.1. The fourth-order valence-electron chi connectivity index (χ4n) is 2.61. The van der Waals surface area contributed by atoms with E-state index >= 15 is 0 Å². The minimum absolute atomic E-state index is 0.0817. The van der Waals surface area contributed by atoms with E-state index in [4.69, 9.17) is 4.42 Å². The summed E-state index contributed by atoms with van der Waals surface area (Å²) in [5, 5.41) is 10.5. The minimum Gasteiger partial charge on any atom is -0.451 e. The van der Waals surface area contributed by atoms with Gasteiger partial charge in [0.05, 0.1) is 6.10 Å². The van der Waals surface area contributed by atoms with Gasteiger partial charge in [-0.25, -0.2) is 0 Å². The van der Waals surface area contributed by atoms with E-state index in [1.165, 1.54) is 0 Å².